The first-order valence-electron chi connectivity index (χ1n) is 8.32. The van der Waals surface area contributed by atoms with E-state index >= 15 is 0 Å². The van der Waals surface area contributed by atoms with Gasteiger partial charge in [-0.3, -0.25) is 4.79 Å². The van der Waals surface area contributed by atoms with Crippen LogP contribution >= 0.6 is 0 Å². The van der Waals surface area contributed by atoms with Gasteiger partial charge in [0.15, 0.2) is 0 Å². The van der Waals surface area contributed by atoms with Crippen molar-refractivity contribution >= 4 is 17.8 Å². The van der Waals surface area contributed by atoms with Gasteiger partial charge in [-0.25, -0.2) is 14.8 Å². The molecule has 3 heterocycles. The molecule has 1 atom stereocenters. The number of alkyl halides is 3. The number of aryl methyl sites for hydroxylation is 1. The number of hydrogen-bond acceptors (Lipinski definition) is 5. The number of halogens is 3. The van der Waals surface area contributed by atoms with E-state index in [1.165, 1.54) is 0 Å². The van der Waals surface area contributed by atoms with Gasteiger partial charge in [0.1, 0.15) is 0 Å². The number of anilines is 1. The van der Waals surface area contributed by atoms with Crippen molar-refractivity contribution in [2.45, 2.75) is 38.8 Å². The van der Waals surface area contributed by atoms with E-state index in [-0.39, 0.29) is 11.3 Å². The molecule has 1 aromatic heterocycles. The fourth-order valence-electron chi connectivity index (χ4n) is 3.10. The van der Waals surface area contributed by atoms with Gasteiger partial charge in [-0.05, 0) is 31.2 Å². The van der Waals surface area contributed by atoms with Crippen molar-refractivity contribution in [3.05, 3.63) is 18.0 Å². The Labute approximate surface area is 148 Å². The Morgan fingerprint density at radius 2 is 1.96 bits per heavy atom. The van der Waals surface area contributed by atoms with Crippen molar-refractivity contribution in [3.8, 4) is 0 Å². The second kappa shape index (κ2) is 7.88. The lowest BCUT2D eigenvalue weighted by molar-refractivity contribution is -0.192. The third-order valence-corrected chi connectivity index (χ3v) is 4.57. The van der Waals surface area contributed by atoms with Crippen LogP contribution in [-0.2, 0) is 16.0 Å². The predicted molar refractivity (Wildman–Crippen MR) is 86.6 cm³/mol. The summed E-state index contributed by atoms with van der Waals surface area (Å²) in [6, 6.07) is 0. The maximum atomic E-state index is 12.0. The number of nitrogens with one attached hydrogen (secondary N) is 1. The zero-order valence-electron chi connectivity index (χ0n) is 14.3. The van der Waals surface area contributed by atoms with Gasteiger partial charge < -0.3 is 15.3 Å². The molecule has 0 saturated carbocycles. The first kappa shape index (κ1) is 19.9. The van der Waals surface area contributed by atoms with Crippen LogP contribution in [0.25, 0.3) is 0 Å². The minimum Gasteiger partial charge on any atom is -0.475 e. The predicted octanol–water partition coefficient (Wildman–Crippen LogP) is 1.78. The molecule has 2 saturated heterocycles. The van der Waals surface area contributed by atoms with Gasteiger partial charge in [0.05, 0.1) is 5.41 Å². The number of nitrogens with zero attached hydrogens (tertiary/aromatic N) is 3. The first-order chi connectivity index (χ1) is 12.2. The van der Waals surface area contributed by atoms with E-state index in [0.717, 1.165) is 56.8 Å². The Bertz CT molecular complexity index is 651. The third-order valence-electron chi connectivity index (χ3n) is 4.57. The topological polar surface area (TPSA) is 95.4 Å². The number of amides is 1. The molecule has 144 valence electrons. The van der Waals surface area contributed by atoms with Crippen LogP contribution in [0.5, 0.6) is 0 Å². The van der Waals surface area contributed by atoms with Crippen molar-refractivity contribution in [2.75, 3.05) is 24.5 Å². The quantitative estimate of drug-likeness (QED) is 0.819. The summed E-state index contributed by atoms with van der Waals surface area (Å²) < 4.78 is 31.7. The van der Waals surface area contributed by atoms with Crippen LogP contribution in [0.15, 0.2) is 12.4 Å². The minimum atomic E-state index is -5.08. The Balaban J connectivity index is 0.000000298. The van der Waals surface area contributed by atoms with Crippen LogP contribution in [0.2, 0.25) is 0 Å². The highest BCUT2D eigenvalue weighted by atomic mass is 19.4. The molecule has 0 bridgehead atoms. The highest BCUT2D eigenvalue weighted by molar-refractivity contribution is 5.85. The molecule has 2 aliphatic heterocycles. The van der Waals surface area contributed by atoms with E-state index in [9.17, 15) is 18.0 Å². The lowest BCUT2D eigenvalue weighted by Crippen LogP contribution is -2.47. The fraction of sp³-hybridized carbons (Fsp3) is 0.625. The molecule has 7 nitrogen and oxygen atoms in total. The normalized spacial score (nSPS) is 22.6. The number of aromatic nitrogens is 2. The summed E-state index contributed by atoms with van der Waals surface area (Å²) in [6.07, 6.45) is 2.60. The Morgan fingerprint density at radius 3 is 2.42 bits per heavy atom. The molecular formula is C16H21F3N4O3. The summed E-state index contributed by atoms with van der Waals surface area (Å²) in [5.74, 6) is -1.79. The maximum Gasteiger partial charge on any atom is 0.490 e. The van der Waals surface area contributed by atoms with E-state index in [4.69, 9.17) is 9.90 Å². The van der Waals surface area contributed by atoms with Crippen LogP contribution in [0, 0.1) is 5.41 Å². The van der Waals surface area contributed by atoms with E-state index < -0.39 is 12.1 Å². The van der Waals surface area contributed by atoms with Crippen LogP contribution < -0.4 is 10.2 Å². The van der Waals surface area contributed by atoms with Crippen LogP contribution in [0.4, 0.5) is 19.1 Å². The summed E-state index contributed by atoms with van der Waals surface area (Å²) in [7, 11) is 0. The number of aliphatic carboxylic acids is 1. The number of rotatable bonds is 2. The summed E-state index contributed by atoms with van der Waals surface area (Å²) >= 11 is 0. The SMILES string of the molecule is CCc1cnc(N2CCCC3(CCNC3=O)C2)nc1.O=C(O)C(F)(F)F. The lowest BCUT2D eigenvalue weighted by Gasteiger charge is -2.38. The number of carbonyl (C=O) groups is 2. The molecule has 10 heteroatoms. The van der Waals surface area contributed by atoms with E-state index in [1.807, 2.05) is 12.4 Å². The zero-order valence-corrected chi connectivity index (χ0v) is 14.3. The monoisotopic (exact) mass is 374 g/mol. The summed E-state index contributed by atoms with van der Waals surface area (Å²) in [5, 5.41) is 10.1. The van der Waals surface area contributed by atoms with E-state index in [0.29, 0.717) is 0 Å². The molecule has 2 N–H and O–H groups in total. The highest BCUT2D eigenvalue weighted by Crippen LogP contribution is 2.37. The second-order valence-electron chi connectivity index (χ2n) is 6.36. The average molecular weight is 374 g/mol. The molecule has 0 radical (unpaired) electrons. The van der Waals surface area contributed by atoms with E-state index in [1.54, 1.807) is 0 Å². The van der Waals surface area contributed by atoms with Crippen LogP contribution in [-0.4, -0.2) is 52.8 Å². The molecule has 0 aromatic carbocycles. The lowest BCUT2D eigenvalue weighted by atomic mass is 9.78. The van der Waals surface area contributed by atoms with Gasteiger partial charge in [-0.1, -0.05) is 6.92 Å². The maximum absolute atomic E-state index is 12.0. The molecule has 1 spiro atoms. The summed E-state index contributed by atoms with van der Waals surface area (Å²) in [5.41, 5.74) is 0.944. The van der Waals surface area contributed by atoms with Crippen LogP contribution in [0.1, 0.15) is 31.7 Å². The average Bonchev–Trinajstić information content (AvgIpc) is 2.94. The Morgan fingerprint density at radius 1 is 1.35 bits per heavy atom. The number of carboxylic acids is 1. The smallest absolute Gasteiger partial charge is 0.475 e. The minimum absolute atomic E-state index is 0.203. The highest BCUT2D eigenvalue weighted by Gasteiger charge is 2.45. The largest absolute Gasteiger partial charge is 0.490 e. The first-order valence-corrected chi connectivity index (χ1v) is 8.32. The number of hydrogen-bond donors (Lipinski definition) is 2. The van der Waals surface area contributed by atoms with Crippen LogP contribution in [0.3, 0.4) is 0 Å². The van der Waals surface area contributed by atoms with Crippen molar-refractivity contribution in [1.82, 2.24) is 15.3 Å². The van der Waals surface area contributed by atoms with Crippen molar-refractivity contribution in [2.24, 2.45) is 5.41 Å². The van der Waals surface area contributed by atoms with Gasteiger partial charge in [-0.15, -0.1) is 0 Å². The van der Waals surface area contributed by atoms with Gasteiger partial charge in [0, 0.05) is 32.0 Å². The number of carbonyl (C=O) groups excluding carboxylic acids is 1. The summed E-state index contributed by atoms with van der Waals surface area (Å²) in [4.78, 5) is 32.0. The molecule has 2 aliphatic rings. The molecule has 1 aromatic rings. The standard InChI is InChI=1S/C14H20N4O.C2HF3O2/c1-2-11-8-16-13(17-9-11)18-7-3-4-14(10-18)5-6-15-12(14)19;3-2(4,5)1(6)7/h8-9H,2-7,10H2,1H3,(H,15,19);(H,6,7). The van der Waals surface area contributed by atoms with Gasteiger partial charge in [0.2, 0.25) is 11.9 Å². The molecule has 3 rings (SSSR count). The van der Waals surface area contributed by atoms with Gasteiger partial charge >= 0.3 is 12.1 Å². The molecular weight excluding hydrogens is 353 g/mol. The molecule has 26 heavy (non-hydrogen) atoms. The zero-order chi connectivity index (χ0) is 19.4. The van der Waals surface area contributed by atoms with Gasteiger partial charge in [0.25, 0.3) is 0 Å². The van der Waals surface area contributed by atoms with Crippen molar-refractivity contribution in [3.63, 3.8) is 0 Å². The number of carboxylic acid groups (broad SMARTS) is 1. The Kier molecular flexibility index (Phi) is 6.04. The number of piperidine rings is 1. The summed E-state index contributed by atoms with van der Waals surface area (Å²) in [6.45, 7) is 4.60. The Hall–Kier alpha value is -2.39. The molecule has 1 amide bonds. The van der Waals surface area contributed by atoms with E-state index in [2.05, 4.69) is 27.1 Å². The fourth-order valence-corrected chi connectivity index (χ4v) is 3.10. The third kappa shape index (κ3) is 4.61. The molecule has 0 aliphatic carbocycles. The van der Waals surface area contributed by atoms with Crippen molar-refractivity contribution in [1.29, 1.82) is 0 Å². The van der Waals surface area contributed by atoms with Gasteiger partial charge in [-0.2, -0.15) is 13.2 Å². The molecule has 1 unspecified atom stereocenters. The molecule has 2 fully saturated rings. The van der Waals surface area contributed by atoms with Crippen molar-refractivity contribution < 1.29 is 27.9 Å². The second-order valence-corrected chi connectivity index (χ2v) is 6.36.